The van der Waals surface area contributed by atoms with Crippen molar-refractivity contribution in [2.45, 2.75) is 27.3 Å². The van der Waals surface area contributed by atoms with Crippen LogP contribution in [0.5, 0.6) is 0 Å². The quantitative estimate of drug-likeness (QED) is 0.725. The Kier molecular flexibility index (Phi) is 5.75. The lowest BCUT2D eigenvalue weighted by Gasteiger charge is -2.24. The number of tetrazole rings is 1. The van der Waals surface area contributed by atoms with E-state index in [1.165, 1.54) is 0 Å². The van der Waals surface area contributed by atoms with Gasteiger partial charge in [-0.05, 0) is 59.7 Å². The van der Waals surface area contributed by atoms with Gasteiger partial charge in [0.05, 0.1) is 17.9 Å². The zero-order chi connectivity index (χ0) is 19.2. The third kappa shape index (κ3) is 4.87. The van der Waals surface area contributed by atoms with E-state index in [9.17, 15) is 4.79 Å². The third-order valence-corrected chi connectivity index (χ3v) is 3.94. The van der Waals surface area contributed by atoms with Crippen LogP contribution in [0.25, 0.3) is 5.69 Å². The molecule has 0 aliphatic carbocycles. The van der Waals surface area contributed by atoms with Gasteiger partial charge in [0.2, 0.25) is 0 Å². The second kappa shape index (κ2) is 8.39. The Morgan fingerprint density at radius 2 is 1.96 bits per heavy atom. The van der Waals surface area contributed by atoms with Crippen LogP contribution in [0.15, 0.2) is 48.7 Å². The Hall–Kier alpha value is -3.29. The molecule has 3 rings (SSSR count). The van der Waals surface area contributed by atoms with Crippen molar-refractivity contribution in [2.75, 3.05) is 11.9 Å². The van der Waals surface area contributed by atoms with Gasteiger partial charge in [0.25, 0.3) is 0 Å². The molecule has 0 unspecified atom stereocenters. The summed E-state index contributed by atoms with van der Waals surface area (Å²) < 4.78 is 1.64. The molecule has 0 bridgehead atoms. The van der Waals surface area contributed by atoms with Gasteiger partial charge in [-0.15, -0.1) is 5.10 Å². The van der Waals surface area contributed by atoms with Gasteiger partial charge < -0.3 is 10.2 Å². The van der Waals surface area contributed by atoms with Crippen LogP contribution in [0.2, 0.25) is 0 Å². The molecule has 0 radical (unpaired) electrons. The molecule has 140 valence electrons. The molecule has 1 N–H and O–H groups in total. The SMILES string of the molecule is Cc1nnnn1-c1ccc(NC(=O)N(Cc2ccccn2)CC(C)C)cc1. The molecule has 2 amide bonds. The molecule has 3 aromatic rings. The predicted molar refractivity (Wildman–Crippen MR) is 102 cm³/mol. The summed E-state index contributed by atoms with van der Waals surface area (Å²) in [6.07, 6.45) is 1.74. The number of hydrogen-bond acceptors (Lipinski definition) is 5. The van der Waals surface area contributed by atoms with Gasteiger partial charge in [-0.3, -0.25) is 4.98 Å². The van der Waals surface area contributed by atoms with E-state index in [0.717, 1.165) is 11.4 Å². The first-order valence-electron chi connectivity index (χ1n) is 8.84. The smallest absolute Gasteiger partial charge is 0.318 e. The van der Waals surface area contributed by atoms with Crippen molar-refractivity contribution in [1.29, 1.82) is 0 Å². The van der Waals surface area contributed by atoms with Crippen molar-refractivity contribution in [2.24, 2.45) is 5.92 Å². The summed E-state index contributed by atoms with van der Waals surface area (Å²) in [7, 11) is 0. The summed E-state index contributed by atoms with van der Waals surface area (Å²) >= 11 is 0. The van der Waals surface area contributed by atoms with Gasteiger partial charge in [0.1, 0.15) is 0 Å². The molecule has 2 aromatic heterocycles. The Bertz CT molecular complexity index is 875. The van der Waals surface area contributed by atoms with E-state index in [1.807, 2.05) is 49.4 Å². The van der Waals surface area contributed by atoms with Crippen LogP contribution in [0.4, 0.5) is 10.5 Å². The number of rotatable bonds is 6. The van der Waals surface area contributed by atoms with Crippen LogP contribution in [0.1, 0.15) is 25.4 Å². The molecule has 27 heavy (non-hydrogen) atoms. The molecule has 0 saturated carbocycles. The molecule has 0 spiro atoms. The van der Waals surface area contributed by atoms with Crippen molar-refractivity contribution < 1.29 is 4.79 Å². The maximum atomic E-state index is 12.8. The highest BCUT2D eigenvalue weighted by molar-refractivity contribution is 5.89. The number of nitrogens with zero attached hydrogens (tertiary/aromatic N) is 6. The number of anilines is 1. The predicted octanol–water partition coefficient (Wildman–Crippen LogP) is 3.06. The number of urea groups is 1. The number of hydrogen-bond donors (Lipinski definition) is 1. The molecule has 8 nitrogen and oxygen atoms in total. The van der Waals surface area contributed by atoms with Crippen LogP contribution in [0, 0.1) is 12.8 Å². The lowest BCUT2D eigenvalue weighted by atomic mass is 10.2. The normalized spacial score (nSPS) is 10.8. The van der Waals surface area contributed by atoms with E-state index in [0.29, 0.717) is 30.5 Å². The minimum Gasteiger partial charge on any atom is -0.318 e. The summed E-state index contributed by atoms with van der Waals surface area (Å²) in [4.78, 5) is 18.9. The van der Waals surface area contributed by atoms with Crippen molar-refractivity contribution in [1.82, 2.24) is 30.1 Å². The van der Waals surface area contributed by atoms with Crippen LogP contribution < -0.4 is 5.32 Å². The number of pyridine rings is 1. The molecular weight excluding hydrogens is 342 g/mol. The number of benzene rings is 1. The zero-order valence-electron chi connectivity index (χ0n) is 15.7. The number of aromatic nitrogens is 5. The Morgan fingerprint density at radius 3 is 2.56 bits per heavy atom. The summed E-state index contributed by atoms with van der Waals surface area (Å²) in [6.45, 7) is 7.11. The fourth-order valence-corrected chi connectivity index (χ4v) is 2.71. The molecule has 2 heterocycles. The van der Waals surface area contributed by atoms with Gasteiger partial charge in [-0.1, -0.05) is 19.9 Å². The average molecular weight is 365 g/mol. The summed E-state index contributed by atoms with van der Waals surface area (Å²) in [5.74, 6) is 1.05. The van der Waals surface area contributed by atoms with Gasteiger partial charge in [-0.2, -0.15) is 4.68 Å². The molecule has 8 heteroatoms. The third-order valence-electron chi connectivity index (χ3n) is 3.94. The van der Waals surface area contributed by atoms with E-state index in [4.69, 9.17) is 0 Å². The second-order valence-corrected chi connectivity index (χ2v) is 6.71. The largest absolute Gasteiger partial charge is 0.322 e. The van der Waals surface area contributed by atoms with Crippen LogP contribution in [0.3, 0.4) is 0 Å². The highest BCUT2D eigenvalue weighted by Gasteiger charge is 2.16. The molecule has 0 atom stereocenters. The van der Waals surface area contributed by atoms with E-state index in [2.05, 4.69) is 39.7 Å². The molecule has 0 aliphatic rings. The monoisotopic (exact) mass is 365 g/mol. The number of nitrogens with one attached hydrogen (secondary N) is 1. The van der Waals surface area contributed by atoms with Gasteiger partial charge in [0.15, 0.2) is 5.82 Å². The van der Waals surface area contributed by atoms with E-state index < -0.39 is 0 Å². The van der Waals surface area contributed by atoms with Crippen molar-refractivity contribution in [3.63, 3.8) is 0 Å². The summed E-state index contributed by atoms with van der Waals surface area (Å²) in [5, 5.41) is 14.4. The summed E-state index contributed by atoms with van der Waals surface area (Å²) in [6, 6.07) is 13.0. The highest BCUT2D eigenvalue weighted by Crippen LogP contribution is 2.15. The second-order valence-electron chi connectivity index (χ2n) is 6.71. The molecule has 0 fully saturated rings. The number of carbonyl (C=O) groups is 1. The van der Waals surface area contributed by atoms with E-state index in [-0.39, 0.29) is 6.03 Å². The lowest BCUT2D eigenvalue weighted by molar-refractivity contribution is 0.201. The molecule has 0 aliphatic heterocycles. The maximum Gasteiger partial charge on any atom is 0.322 e. The van der Waals surface area contributed by atoms with E-state index in [1.54, 1.807) is 15.8 Å². The minimum absolute atomic E-state index is 0.152. The number of amides is 2. The zero-order valence-corrected chi connectivity index (χ0v) is 15.7. The first-order chi connectivity index (χ1) is 13.0. The van der Waals surface area contributed by atoms with E-state index >= 15 is 0 Å². The Morgan fingerprint density at radius 1 is 1.19 bits per heavy atom. The van der Waals surface area contributed by atoms with Crippen molar-refractivity contribution in [3.8, 4) is 5.69 Å². The van der Waals surface area contributed by atoms with Crippen LogP contribution >= 0.6 is 0 Å². The Balaban J connectivity index is 1.70. The van der Waals surface area contributed by atoms with Gasteiger partial charge in [-0.25, -0.2) is 4.79 Å². The number of aryl methyl sites for hydroxylation is 1. The topological polar surface area (TPSA) is 88.8 Å². The fraction of sp³-hybridized carbons (Fsp3) is 0.316. The highest BCUT2D eigenvalue weighted by atomic mass is 16.2. The van der Waals surface area contributed by atoms with Crippen molar-refractivity contribution in [3.05, 3.63) is 60.2 Å². The first kappa shape index (κ1) is 18.5. The van der Waals surface area contributed by atoms with Gasteiger partial charge in [0, 0.05) is 18.4 Å². The Labute approximate surface area is 158 Å². The lowest BCUT2D eigenvalue weighted by Crippen LogP contribution is -2.37. The minimum atomic E-state index is -0.152. The van der Waals surface area contributed by atoms with Crippen LogP contribution in [-0.4, -0.2) is 42.7 Å². The fourth-order valence-electron chi connectivity index (χ4n) is 2.71. The van der Waals surface area contributed by atoms with Crippen molar-refractivity contribution >= 4 is 11.7 Å². The van der Waals surface area contributed by atoms with Gasteiger partial charge >= 0.3 is 6.03 Å². The molecule has 0 saturated heterocycles. The first-order valence-corrected chi connectivity index (χ1v) is 8.84. The maximum absolute atomic E-state index is 12.8. The van der Waals surface area contributed by atoms with Crippen LogP contribution in [-0.2, 0) is 6.54 Å². The average Bonchev–Trinajstić information content (AvgIpc) is 3.08. The molecular formula is C19H23N7O. The number of carbonyl (C=O) groups excluding carboxylic acids is 1. The summed E-state index contributed by atoms with van der Waals surface area (Å²) in [5.41, 5.74) is 2.41. The standard InChI is InChI=1S/C19H23N7O/c1-14(2)12-25(13-17-6-4-5-11-20-17)19(27)21-16-7-9-18(10-8-16)26-15(3)22-23-24-26/h4-11,14H,12-13H2,1-3H3,(H,21,27). The molecule has 1 aromatic carbocycles.